The van der Waals surface area contributed by atoms with Gasteiger partial charge < -0.3 is 9.88 Å². The number of thioether (sulfide) groups is 1. The molecule has 29 heavy (non-hydrogen) atoms. The molecule has 2 heterocycles. The van der Waals surface area contributed by atoms with Crippen LogP contribution in [0.4, 0.5) is 5.69 Å². The Morgan fingerprint density at radius 3 is 2.55 bits per heavy atom. The van der Waals surface area contributed by atoms with E-state index in [9.17, 15) is 4.79 Å². The van der Waals surface area contributed by atoms with Crippen molar-refractivity contribution >= 4 is 45.4 Å². The van der Waals surface area contributed by atoms with Crippen LogP contribution in [-0.4, -0.2) is 31.4 Å². The smallest absolute Gasteiger partial charge is 0.234 e. The van der Waals surface area contributed by atoms with Gasteiger partial charge in [-0.2, -0.15) is 0 Å². The Morgan fingerprint density at radius 2 is 1.83 bits per heavy atom. The molecule has 0 unspecified atom stereocenters. The van der Waals surface area contributed by atoms with Crippen molar-refractivity contribution in [2.45, 2.75) is 39.4 Å². The fourth-order valence-electron chi connectivity index (χ4n) is 3.75. The molecule has 2 aromatic carbocycles. The average molecular weight is 406 g/mol. The first-order valence-corrected chi connectivity index (χ1v) is 10.6. The molecule has 0 spiro atoms. The van der Waals surface area contributed by atoms with E-state index in [2.05, 4.69) is 57.1 Å². The van der Waals surface area contributed by atoms with Crippen molar-refractivity contribution in [1.82, 2.24) is 19.7 Å². The molecule has 0 radical (unpaired) electrons. The molecule has 0 aliphatic heterocycles. The summed E-state index contributed by atoms with van der Waals surface area (Å²) in [5, 5.41) is 13.2. The van der Waals surface area contributed by atoms with Crippen LogP contribution in [0, 0.1) is 20.8 Å². The van der Waals surface area contributed by atoms with E-state index >= 15 is 0 Å². The number of hydrogen-bond acceptors (Lipinski definition) is 5. The molecule has 2 aromatic heterocycles. The predicted molar refractivity (Wildman–Crippen MR) is 119 cm³/mol. The van der Waals surface area contributed by atoms with Gasteiger partial charge in [0.2, 0.25) is 11.1 Å². The minimum absolute atomic E-state index is 0.0789. The number of nitrogens with one attached hydrogen (secondary N) is 1. The zero-order valence-electron chi connectivity index (χ0n) is 17.0. The van der Waals surface area contributed by atoms with Gasteiger partial charge in [-0.25, -0.2) is 4.98 Å². The largest absolute Gasteiger partial charge is 0.325 e. The van der Waals surface area contributed by atoms with Crippen LogP contribution in [0.3, 0.4) is 0 Å². The van der Waals surface area contributed by atoms with Gasteiger partial charge in [-0.1, -0.05) is 47.7 Å². The van der Waals surface area contributed by atoms with Crippen LogP contribution in [0.5, 0.6) is 0 Å². The van der Waals surface area contributed by atoms with E-state index < -0.39 is 0 Å². The highest BCUT2D eigenvalue weighted by atomic mass is 32.2. The van der Waals surface area contributed by atoms with E-state index in [0.717, 1.165) is 45.4 Å². The number of carbonyl (C=O) groups is 1. The lowest BCUT2D eigenvalue weighted by molar-refractivity contribution is -0.113. The Balaban J connectivity index is 1.54. The maximum atomic E-state index is 12.5. The third-order valence-electron chi connectivity index (χ3n) is 4.94. The summed E-state index contributed by atoms with van der Waals surface area (Å²) in [5.74, 6) is 0.150. The van der Waals surface area contributed by atoms with Crippen LogP contribution in [0.15, 0.2) is 41.6 Å². The third kappa shape index (κ3) is 3.70. The molecule has 7 heteroatoms. The second kappa shape index (κ2) is 7.83. The predicted octanol–water partition coefficient (Wildman–Crippen LogP) is 4.66. The van der Waals surface area contributed by atoms with Gasteiger partial charge in [0.05, 0.1) is 11.3 Å². The third-order valence-corrected chi connectivity index (χ3v) is 5.78. The molecule has 0 saturated carbocycles. The second-order valence-corrected chi connectivity index (χ2v) is 8.08. The van der Waals surface area contributed by atoms with Crippen molar-refractivity contribution in [2.75, 3.05) is 11.1 Å². The van der Waals surface area contributed by atoms with Gasteiger partial charge in [-0.05, 0) is 44.9 Å². The summed E-state index contributed by atoms with van der Waals surface area (Å²) in [6.07, 6.45) is 0. The Morgan fingerprint density at radius 1 is 1.10 bits per heavy atom. The molecule has 0 aliphatic rings. The van der Waals surface area contributed by atoms with Crippen LogP contribution < -0.4 is 5.32 Å². The van der Waals surface area contributed by atoms with Gasteiger partial charge in [-0.15, -0.1) is 10.2 Å². The lowest BCUT2D eigenvalue weighted by Crippen LogP contribution is -2.16. The van der Waals surface area contributed by atoms with Crippen molar-refractivity contribution in [3.05, 3.63) is 53.1 Å². The summed E-state index contributed by atoms with van der Waals surface area (Å²) in [6.45, 7) is 8.94. The molecule has 0 atom stereocenters. The van der Waals surface area contributed by atoms with E-state index in [-0.39, 0.29) is 11.7 Å². The Bertz CT molecular complexity index is 1210. The summed E-state index contributed by atoms with van der Waals surface area (Å²) in [4.78, 5) is 17.2. The van der Waals surface area contributed by atoms with Crippen LogP contribution in [-0.2, 0) is 11.3 Å². The van der Waals surface area contributed by atoms with Crippen molar-refractivity contribution < 1.29 is 4.79 Å². The number of fused-ring (bicyclic) bond motifs is 3. The van der Waals surface area contributed by atoms with Crippen LogP contribution in [0.25, 0.3) is 22.1 Å². The van der Waals surface area contributed by atoms with Gasteiger partial charge in [-0.3, -0.25) is 4.79 Å². The number of amides is 1. The number of rotatable bonds is 5. The number of para-hydroxylation sites is 1. The highest BCUT2D eigenvalue weighted by Crippen LogP contribution is 2.27. The number of hydrogen-bond donors (Lipinski definition) is 1. The molecular formula is C22H23N5OS. The number of benzene rings is 2. The molecule has 1 amide bonds. The average Bonchev–Trinajstić information content (AvgIpc) is 3.02. The maximum absolute atomic E-state index is 12.5. The Hall–Kier alpha value is -2.93. The molecule has 0 saturated heterocycles. The lowest BCUT2D eigenvalue weighted by Gasteiger charge is -2.12. The molecule has 4 rings (SSSR count). The molecule has 0 fully saturated rings. The summed E-state index contributed by atoms with van der Waals surface area (Å²) in [5.41, 5.74) is 6.88. The molecule has 0 bridgehead atoms. The zero-order chi connectivity index (χ0) is 20.5. The number of carbonyl (C=O) groups excluding carboxylic acids is 1. The lowest BCUT2D eigenvalue weighted by atomic mass is 10.1. The molecule has 6 nitrogen and oxygen atoms in total. The van der Waals surface area contributed by atoms with Gasteiger partial charge in [0, 0.05) is 17.6 Å². The van der Waals surface area contributed by atoms with Crippen molar-refractivity contribution in [2.24, 2.45) is 0 Å². The summed E-state index contributed by atoms with van der Waals surface area (Å²) in [7, 11) is 0. The highest BCUT2D eigenvalue weighted by Gasteiger charge is 2.15. The van der Waals surface area contributed by atoms with Crippen LogP contribution >= 0.6 is 11.8 Å². The quantitative estimate of drug-likeness (QED) is 0.489. The summed E-state index contributed by atoms with van der Waals surface area (Å²) in [6, 6.07) is 12.2. The van der Waals surface area contributed by atoms with Crippen molar-refractivity contribution in [3.8, 4) is 0 Å². The fourth-order valence-corrected chi connectivity index (χ4v) is 4.34. The van der Waals surface area contributed by atoms with Gasteiger partial charge >= 0.3 is 0 Å². The maximum Gasteiger partial charge on any atom is 0.234 e. The first-order valence-electron chi connectivity index (χ1n) is 9.60. The van der Waals surface area contributed by atoms with Crippen LogP contribution in [0.2, 0.25) is 0 Å². The number of aryl methyl sites for hydroxylation is 4. The highest BCUT2D eigenvalue weighted by molar-refractivity contribution is 7.99. The van der Waals surface area contributed by atoms with E-state index in [1.54, 1.807) is 0 Å². The molecular weight excluding hydrogens is 382 g/mol. The monoisotopic (exact) mass is 405 g/mol. The first-order chi connectivity index (χ1) is 14.0. The minimum Gasteiger partial charge on any atom is -0.325 e. The molecule has 0 aliphatic carbocycles. The second-order valence-electron chi connectivity index (χ2n) is 7.14. The standard InChI is InChI=1S/C22H23N5OS/c1-5-27-17-9-7-6-8-16(17)20-21(27)24-22(26-25-20)29-12-18(28)23-19-14(3)10-13(2)11-15(19)4/h6-11H,5,12H2,1-4H3,(H,23,28). The number of anilines is 1. The topological polar surface area (TPSA) is 72.7 Å². The molecule has 148 valence electrons. The van der Waals surface area contributed by atoms with Gasteiger partial charge in [0.25, 0.3) is 0 Å². The molecule has 4 aromatic rings. The number of aromatic nitrogens is 4. The Labute approximate surface area is 173 Å². The minimum atomic E-state index is -0.0789. The van der Waals surface area contributed by atoms with E-state index in [1.165, 1.54) is 17.3 Å². The zero-order valence-corrected chi connectivity index (χ0v) is 17.8. The molecule has 1 N–H and O–H groups in total. The fraction of sp³-hybridized carbons (Fsp3) is 0.273. The van der Waals surface area contributed by atoms with E-state index in [0.29, 0.717) is 5.16 Å². The van der Waals surface area contributed by atoms with Crippen molar-refractivity contribution in [3.63, 3.8) is 0 Å². The van der Waals surface area contributed by atoms with E-state index in [1.807, 2.05) is 32.0 Å². The van der Waals surface area contributed by atoms with Gasteiger partial charge in [0.15, 0.2) is 5.65 Å². The van der Waals surface area contributed by atoms with Gasteiger partial charge in [0.1, 0.15) is 5.52 Å². The summed E-state index contributed by atoms with van der Waals surface area (Å²) >= 11 is 1.30. The van der Waals surface area contributed by atoms with Crippen LogP contribution in [0.1, 0.15) is 23.6 Å². The normalized spacial score (nSPS) is 11.3. The van der Waals surface area contributed by atoms with E-state index in [4.69, 9.17) is 0 Å². The van der Waals surface area contributed by atoms with Crippen molar-refractivity contribution in [1.29, 1.82) is 0 Å². The SMILES string of the molecule is CCn1c2ccccc2c2nnc(SCC(=O)Nc3c(C)cc(C)cc3C)nc21. The Kier molecular flexibility index (Phi) is 5.24. The first kappa shape index (κ1) is 19.4. The number of nitrogens with zero attached hydrogens (tertiary/aromatic N) is 4. The summed E-state index contributed by atoms with van der Waals surface area (Å²) < 4.78 is 2.13.